The van der Waals surface area contributed by atoms with Crippen LogP contribution in [0.15, 0.2) is 61.1 Å². The van der Waals surface area contributed by atoms with E-state index in [4.69, 9.17) is 9.72 Å². The first-order chi connectivity index (χ1) is 18.2. The van der Waals surface area contributed by atoms with Gasteiger partial charge in [-0.3, -0.25) is 15.1 Å². The van der Waals surface area contributed by atoms with Crippen molar-refractivity contribution >= 4 is 33.3 Å². The molecule has 0 aromatic carbocycles. The summed E-state index contributed by atoms with van der Waals surface area (Å²) in [5.74, 6) is 0.749. The van der Waals surface area contributed by atoms with E-state index in [-0.39, 0.29) is 11.2 Å². The second-order valence-corrected chi connectivity index (χ2v) is 10.1. The highest BCUT2D eigenvalue weighted by molar-refractivity contribution is 7.13. The Kier molecular flexibility index (Phi) is 5.40. The lowest BCUT2D eigenvalue weighted by molar-refractivity contribution is 0.162. The fourth-order valence-electron chi connectivity index (χ4n) is 4.80. The third-order valence-corrected chi connectivity index (χ3v) is 7.50. The lowest BCUT2D eigenvalue weighted by atomic mass is 10.1. The molecule has 10 heteroatoms. The number of pyridine rings is 3. The molecule has 184 valence electrons. The number of halogens is 1. The average Bonchev–Trinajstić information content (AvgIpc) is 3.66. The first kappa shape index (κ1) is 22.1. The number of aromatic nitrogens is 6. The van der Waals surface area contributed by atoms with E-state index in [0.717, 1.165) is 92.5 Å². The topological polar surface area (TPSA) is 104 Å². The number of hydrogen-bond acceptors (Lipinski definition) is 7. The van der Waals surface area contributed by atoms with Gasteiger partial charge in [-0.15, -0.1) is 11.3 Å². The summed E-state index contributed by atoms with van der Waals surface area (Å²) in [6.45, 7) is 1.93. The van der Waals surface area contributed by atoms with E-state index in [9.17, 15) is 4.39 Å². The van der Waals surface area contributed by atoms with Crippen molar-refractivity contribution in [2.45, 2.75) is 18.9 Å². The number of thiophene rings is 1. The third kappa shape index (κ3) is 4.13. The van der Waals surface area contributed by atoms with E-state index in [1.54, 1.807) is 24.7 Å². The molecule has 1 aliphatic rings. The molecule has 1 saturated heterocycles. The Hall–Kier alpha value is -4.15. The number of hydrogen-bond donors (Lipinski definition) is 3. The van der Waals surface area contributed by atoms with Crippen LogP contribution in [0.5, 0.6) is 5.75 Å². The van der Waals surface area contributed by atoms with Crippen LogP contribution in [0.25, 0.3) is 55.2 Å². The van der Waals surface area contributed by atoms with Gasteiger partial charge in [-0.25, -0.2) is 4.98 Å². The Morgan fingerprint density at radius 2 is 1.89 bits per heavy atom. The largest absolute Gasteiger partial charge is 0.489 e. The molecule has 3 N–H and O–H groups in total. The second-order valence-electron chi connectivity index (χ2n) is 9.05. The molecule has 1 fully saturated rings. The van der Waals surface area contributed by atoms with Crippen molar-refractivity contribution in [1.29, 1.82) is 0 Å². The van der Waals surface area contributed by atoms with E-state index in [1.165, 1.54) is 6.07 Å². The fraction of sp³-hybridized carbons (Fsp3) is 0.185. The van der Waals surface area contributed by atoms with Gasteiger partial charge in [0.25, 0.3) is 0 Å². The van der Waals surface area contributed by atoms with Gasteiger partial charge in [0.1, 0.15) is 23.1 Å². The van der Waals surface area contributed by atoms with Crippen LogP contribution >= 0.6 is 11.3 Å². The van der Waals surface area contributed by atoms with Gasteiger partial charge in [-0.2, -0.15) is 9.49 Å². The number of H-pyrrole nitrogens is 2. The number of nitrogens with one attached hydrogen (secondary N) is 3. The lowest BCUT2D eigenvalue weighted by Crippen LogP contribution is -2.34. The summed E-state index contributed by atoms with van der Waals surface area (Å²) >= 11 is 1.08. The molecule has 6 aromatic rings. The number of ether oxygens (including phenoxy) is 1. The summed E-state index contributed by atoms with van der Waals surface area (Å²) in [5, 5.41) is 11.7. The second kappa shape index (κ2) is 9.06. The van der Waals surface area contributed by atoms with Crippen molar-refractivity contribution in [2.75, 3.05) is 13.1 Å². The summed E-state index contributed by atoms with van der Waals surface area (Å²) in [7, 11) is 0. The summed E-state index contributed by atoms with van der Waals surface area (Å²) in [5.41, 5.74) is 6.36. The standard InChI is InChI=1S/C27H22FN7OS/c28-24-4-3-23(37-24)25-18-12-22(32-20(18)7-10-31-25)27-26-21(34-35-27)2-1-19(33-26)15-11-17(14-30-13-15)36-16-5-8-29-9-6-16/h1-4,7,10-14,16,29,32H,5-6,8-9H2,(H,34,35). The SMILES string of the molecule is Fc1ccc(-c2nccc3[nH]c(-c4n[nH]c5ccc(-c6cncc(OC7CCNCC7)c6)nc45)cc23)s1. The first-order valence-electron chi connectivity index (χ1n) is 12.1. The van der Waals surface area contributed by atoms with Crippen LogP contribution in [0.3, 0.4) is 0 Å². The number of fused-ring (bicyclic) bond motifs is 2. The Balaban J connectivity index is 1.26. The Morgan fingerprint density at radius 3 is 2.76 bits per heavy atom. The summed E-state index contributed by atoms with van der Waals surface area (Å²) in [6.07, 6.45) is 7.43. The molecule has 0 radical (unpaired) electrons. The predicted molar refractivity (Wildman–Crippen MR) is 142 cm³/mol. The van der Waals surface area contributed by atoms with E-state index in [1.807, 2.05) is 30.3 Å². The zero-order chi connectivity index (χ0) is 24.8. The monoisotopic (exact) mass is 511 g/mol. The molecule has 0 saturated carbocycles. The third-order valence-electron chi connectivity index (χ3n) is 6.62. The van der Waals surface area contributed by atoms with Gasteiger partial charge in [-0.1, -0.05) is 0 Å². The Morgan fingerprint density at radius 1 is 0.973 bits per heavy atom. The summed E-state index contributed by atoms with van der Waals surface area (Å²) in [6, 6.07) is 13.0. The normalized spacial score (nSPS) is 14.5. The molecule has 0 bridgehead atoms. The zero-order valence-corrected chi connectivity index (χ0v) is 20.5. The molecule has 0 unspecified atom stereocenters. The maximum absolute atomic E-state index is 13.7. The Labute approximate surface area is 215 Å². The van der Waals surface area contributed by atoms with E-state index in [2.05, 4.69) is 30.5 Å². The van der Waals surface area contributed by atoms with Gasteiger partial charge in [-0.05, 0) is 68.4 Å². The molecule has 0 aliphatic carbocycles. The molecule has 7 rings (SSSR count). The van der Waals surface area contributed by atoms with Crippen LogP contribution in [0.2, 0.25) is 0 Å². The zero-order valence-electron chi connectivity index (χ0n) is 19.7. The van der Waals surface area contributed by atoms with Crippen LogP contribution < -0.4 is 10.1 Å². The van der Waals surface area contributed by atoms with Crippen LogP contribution in [0.4, 0.5) is 4.39 Å². The molecule has 37 heavy (non-hydrogen) atoms. The van der Waals surface area contributed by atoms with Gasteiger partial charge >= 0.3 is 0 Å². The van der Waals surface area contributed by atoms with Crippen molar-refractivity contribution in [2.24, 2.45) is 0 Å². The van der Waals surface area contributed by atoms with Crippen molar-refractivity contribution in [3.63, 3.8) is 0 Å². The highest BCUT2D eigenvalue weighted by atomic mass is 32.1. The van der Waals surface area contributed by atoms with Gasteiger partial charge in [0.15, 0.2) is 5.13 Å². The van der Waals surface area contributed by atoms with Gasteiger partial charge in [0.05, 0.1) is 33.7 Å². The number of rotatable bonds is 5. The highest BCUT2D eigenvalue weighted by Gasteiger charge is 2.18. The lowest BCUT2D eigenvalue weighted by Gasteiger charge is -2.23. The molecule has 6 aromatic heterocycles. The fourth-order valence-corrected chi connectivity index (χ4v) is 5.54. The quantitative estimate of drug-likeness (QED) is 0.280. The van der Waals surface area contributed by atoms with Crippen LogP contribution in [-0.2, 0) is 0 Å². The molecule has 0 atom stereocenters. The summed E-state index contributed by atoms with van der Waals surface area (Å²) < 4.78 is 19.9. The molecule has 8 nitrogen and oxygen atoms in total. The molecular weight excluding hydrogens is 489 g/mol. The van der Waals surface area contributed by atoms with Crippen LogP contribution in [-0.4, -0.2) is 49.3 Å². The van der Waals surface area contributed by atoms with Gasteiger partial charge in [0.2, 0.25) is 0 Å². The minimum Gasteiger partial charge on any atom is -0.489 e. The Bertz CT molecular complexity index is 1730. The van der Waals surface area contributed by atoms with E-state index >= 15 is 0 Å². The van der Waals surface area contributed by atoms with Crippen molar-refractivity contribution in [3.8, 4) is 39.0 Å². The smallest absolute Gasteiger partial charge is 0.177 e. The minimum absolute atomic E-state index is 0.196. The van der Waals surface area contributed by atoms with E-state index in [0.29, 0.717) is 5.69 Å². The summed E-state index contributed by atoms with van der Waals surface area (Å²) in [4.78, 5) is 18.1. The minimum atomic E-state index is -0.237. The average molecular weight is 512 g/mol. The molecular formula is C27H22FN7OS. The molecule has 0 spiro atoms. The van der Waals surface area contributed by atoms with Crippen molar-refractivity contribution < 1.29 is 9.13 Å². The highest BCUT2D eigenvalue weighted by Crippen LogP contribution is 2.35. The maximum atomic E-state index is 13.7. The van der Waals surface area contributed by atoms with Gasteiger partial charge in [0, 0.05) is 28.9 Å². The maximum Gasteiger partial charge on any atom is 0.177 e. The molecule has 1 aliphatic heterocycles. The van der Waals surface area contributed by atoms with Crippen LogP contribution in [0.1, 0.15) is 12.8 Å². The predicted octanol–water partition coefficient (Wildman–Crippen LogP) is 5.56. The molecule has 7 heterocycles. The number of nitrogens with zero attached hydrogens (tertiary/aromatic N) is 4. The van der Waals surface area contributed by atoms with Gasteiger partial charge < -0.3 is 15.0 Å². The van der Waals surface area contributed by atoms with Crippen LogP contribution in [0, 0.1) is 5.13 Å². The number of aromatic amines is 2. The van der Waals surface area contributed by atoms with Crippen molar-refractivity contribution in [1.82, 2.24) is 35.5 Å². The van der Waals surface area contributed by atoms with Crippen molar-refractivity contribution in [3.05, 3.63) is 66.2 Å². The molecule has 0 amide bonds. The number of piperidine rings is 1. The van der Waals surface area contributed by atoms with E-state index < -0.39 is 0 Å². The first-order valence-corrected chi connectivity index (χ1v) is 12.9.